The molecule has 0 aromatic heterocycles. The Bertz CT molecular complexity index is 124. The minimum atomic E-state index is 0.835. The molecule has 2 unspecified atom stereocenters. The Morgan fingerprint density at radius 3 is 2.12 bits per heavy atom. The van der Waals surface area contributed by atoms with Gasteiger partial charge in [-0.15, -0.1) is 0 Å². The molecule has 0 bridgehead atoms. The number of fused-ring (bicyclic) bond motifs is 1. The van der Waals surface area contributed by atoms with Crippen LogP contribution in [0.15, 0.2) is 0 Å². The summed E-state index contributed by atoms with van der Waals surface area (Å²) in [5.41, 5.74) is 1.70. The molecule has 0 spiro atoms. The van der Waals surface area contributed by atoms with Crippen molar-refractivity contribution in [2.75, 3.05) is 0 Å². The molecule has 0 N–H and O–H groups in total. The second-order valence-corrected chi connectivity index (χ2v) is 3.87. The van der Waals surface area contributed by atoms with Crippen molar-refractivity contribution in [1.82, 2.24) is 0 Å². The van der Waals surface area contributed by atoms with E-state index in [2.05, 4.69) is 13.8 Å². The van der Waals surface area contributed by atoms with E-state index < -0.39 is 0 Å². The topological polar surface area (TPSA) is 0 Å². The van der Waals surface area contributed by atoms with E-state index in [9.17, 15) is 0 Å². The fourth-order valence-electron chi connectivity index (χ4n) is 2.51. The highest BCUT2D eigenvalue weighted by molar-refractivity contribution is 5.18. The van der Waals surface area contributed by atoms with Gasteiger partial charge in [0.1, 0.15) is 0 Å². The highest BCUT2D eigenvalue weighted by Crippen LogP contribution is 2.78. The van der Waals surface area contributed by atoms with Crippen molar-refractivity contribution in [1.29, 1.82) is 0 Å². The minimum absolute atomic E-state index is 0.835. The summed E-state index contributed by atoms with van der Waals surface area (Å²) < 4.78 is 0. The molecule has 8 heavy (non-hydrogen) atoms. The molecular weight excluding hydrogens is 96.1 g/mol. The van der Waals surface area contributed by atoms with Crippen LogP contribution in [0.1, 0.15) is 39.5 Å². The predicted octanol–water partition coefficient (Wildman–Crippen LogP) is 2.59. The molecule has 0 saturated heterocycles. The normalized spacial score (nSPS) is 59.2. The van der Waals surface area contributed by atoms with Gasteiger partial charge in [0.05, 0.1) is 0 Å². The fourth-order valence-corrected chi connectivity index (χ4v) is 2.51. The van der Waals surface area contributed by atoms with Gasteiger partial charge in [0.2, 0.25) is 0 Å². The zero-order chi connectivity index (χ0) is 5.83. The molecule has 0 heterocycles. The van der Waals surface area contributed by atoms with Crippen LogP contribution in [0.25, 0.3) is 0 Å². The maximum Gasteiger partial charge on any atom is -0.0240 e. The molecule has 2 rings (SSSR count). The molecule has 2 saturated carbocycles. The van der Waals surface area contributed by atoms with E-state index in [-0.39, 0.29) is 0 Å². The molecule has 0 amide bonds. The number of rotatable bonds is 1. The summed E-state index contributed by atoms with van der Waals surface area (Å²) in [6, 6.07) is 0. The van der Waals surface area contributed by atoms with Crippen LogP contribution in [0.2, 0.25) is 0 Å². The quantitative estimate of drug-likeness (QED) is 0.486. The van der Waals surface area contributed by atoms with E-state index in [4.69, 9.17) is 0 Å². The highest BCUT2D eigenvalue weighted by Gasteiger charge is 2.68. The van der Waals surface area contributed by atoms with Crippen LogP contribution in [-0.2, 0) is 0 Å². The van der Waals surface area contributed by atoms with Crippen LogP contribution in [0, 0.1) is 10.8 Å². The molecule has 0 aromatic carbocycles. The van der Waals surface area contributed by atoms with Crippen molar-refractivity contribution in [3.63, 3.8) is 0 Å². The summed E-state index contributed by atoms with van der Waals surface area (Å²) in [4.78, 5) is 0. The summed E-state index contributed by atoms with van der Waals surface area (Å²) in [6.07, 6.45) is 6.01. The van der Waals surface area contributed by atoms with Crippen LogP contribution in [-0.4, -0.2) is 0 Å². The van der Waals surface area contributed by atoms with Gasteiger partial charge < -0.3 is 0 Å². The summed E-state index contributed by atoms with van der Waals surface area (Å²) in [6.45, 7) is 4.78. The lowest BCUT2D eigenvalue weighted by Gasteiger charge is -2.31. The molecular formula is C8H14. The van der Waals surface area contributed by atoms with Crippen molar-refractivity contribution < 1.29 is 0 Å². The third kappa shape index (κ3) is 0.284. The molecule has 2 atom stereocenters. The van der Waals surface area contributed by atoms with Gasteiger partial charge >= 0.3 is 0 Å². The standard InChI is InChI=1S/C8H14/c1-3-8-5-4-7(8,2)6-8/h3-6H2,1-2H3. The highest BCUT2D eigenvalue weighted by atomic mass is 14.7. The Balaban J connectivity index is 2.15. The van der Waals surface area contributed by atoms with Gasteiger partial charge in [-0.25, -0.2) is 0 Å². The molecule has 0 heteroatoms. The lowest BCUT2D eigenvalue weighted by molar-refractivity contribution is 0.190. The van der Waals surface area contributed by atoms with Crippen LogP contribution < -0.4 is 0 Å². The smallest absolute Gasteiger partial charge is 0.0240 e. The SMILES string of the molecule is CCC12CCC1(C)C2. The maximum absolute atomic E-state index is 2.44. The molecule has 0 aliphatic heterocycles. The number of hydrogen-bond acceptors (Lipinski definition) is 0. The van der Waals surface area contributed by atoms with Gasteiger partial charge in [-0.3, -0.25) is 0 Å². The van der Waals surface area contributed by atoms with Crippen molar-refractivity contribution in [3.8, 4) is 0 Å². The van der Waals surface area contributed by atoms with Crippen molar-refractivity contribution >= 4 is 0 Å². The Morgan fingerprint density at radius 2 is 2.12 bits per heavy atom. The third-order valence-corrected chi connectivity index (χ3v) is 3.72. The van der Waals surface area contributed by atoms with Gasteiger partial charge in [0, 0.05) is 0 Å². The van der Waals surface area contributed by atoms with Crippen molar-refractivity contribution in [3.05, 3.63) is 0 Å². The van der Waals surface area contributed by atoms with Crippen molar-refractivity contribution in [2.45, 2.75) is 39.5 Å². The average molecular weight is 110 g/mol. The predicted molar refractivity (Wildman–Crippen MR) is 34.7 cm³/mol. The van der Waals surface area contributed by atoms with E-state index in [0.29, 0.717) is 0 Å². The zero-order valence-corrected chi connectivity index (χ0v) is 5.83. The monoisotopic (exact) mass is 110 g/mol. The second kappa shape index (κ2) is 0.984. The first kappa shape index (κ1) is 4.84. The van der Waals surface area contributed by atoms with E-state index in [1.807, 2.05) is 0 Å². The summed E-state index contributed by atoms with van der Waals surface area (Å²) in [5.74, 6) is 0. The zero-order valence-electron chi connectivity index (χ0n) is 5.83. The maximum atomic E-state index is 2.44. The van der Waals surface area contributed by atoms with Crippen LogP contribution in [0.4, 0.5) is 0 Å². The second-order valence-electron chi connectivity index (χ2n) is 3.87. The Hall–Kier alpha value is 0. The largest absolute Gasteiger partial charge is 0.0648 e. The minimum Gasteiger partial charge on any atom is -0.0648 e. The first-order valence-corrected chi connectivity index (χ1v) is 3.72. The first-order valence-electron chi connectivity index (χ1n) is 3.72. The van der Waals surface area contributed by atoms with Gasteiger partial charge in [0.25, 0.3) is 0 Å². The Labute approximate surface area is 51.3 Å². The summed E-state index contributed by atoms with van der Waals surface area (Å²) >= 11 is 0. The van der Waals surface area contributed by atoms with Crippen LogP contribution in [0.5, 0.6) is 0 Å². The molecule has 2 aliphatic carbocycles. The van der Waals surface area contributed by atoms with Gasteiger partial charge in [-0.2, -0.15) is 0 Å². The Morgan fingerprint density at radius 1 is 1.38 bits per heavy atom. The molecule has 2 fully saturated rings. The van der Waals surface area contributed by atoms with E-state index >= 15 is 0 Å². The lowest BCUT2D eigenvalue weighted by atomic mass is 9.74. The number of hydrogen-bond donors (Lipinski definition) is 0. The van der Waals surface area contributed by atoms with Gasteiger partial charge in [0.15, 0.2) is 0 Å². The van der Waals surface area contributed by atoms with Crippen LogP contribution in [0.3, 0.4) is 0 Å². The fraction of sp³-hybridized carbons (Fsp3) is 1.00. The Kier molecular flexibility index (Phi) is 0.595. The molecule has 2 aliphatic rings. The molecule has 46 valence electrons. The molecule has 0 aromatic rings. The average Bonchev–Trinajstić information content (AvgIpc) is 2.15. The lowest BCUT2D eigenvalue weighted by Crippen LogP contribution is -2.21. The van der Waals surface area contributed by atoms with Gasteiger partial charge in [-0.05, 0) is 36.5 Å². The first-order chi connectivity index (χ1) is 3.72. The third-order valence-electron chi connectivity index (χ3n) is 3.72. The molecule has 0 nitrogen and oxygen atoms in total. The van der Waals surface area contributed by atoms with E-state index in [1.54, 1.807) is 0 Å². The van der Waals surface area contributed by atoms with Gasteiger partial charge in [-0.1, -0.05) is 13.8 Å². The van der Waals surface area contributed by atoms with Crippen LogP contribution >= 0.6 is 0 Å². The summed E-state index contributed by atoms with van der Waals surface area (Å²) in [7, 11) is 0. The van der Waals surface area contributed by atoms with Crippen molar-refractivity contribution in [2.24, 2.45) is 10.8 Å². The summed E-state index contributed by atoms with van der Waals surface area (Å²) in [5, 5.41) is 0. The van der Waals surface area contributed by atoms with E-state index in [0.717, 1.165) is 10.8 Å². The molecule has 0 radical (unpaired) electrons. The van der Waals surface area contributed by atoms with E-state index in [1.165, 1.54) is 25.7 Å².